The van der Waals surface area contributed by atoms with Gasteiger partial charge in [-0.3, -0.25) is 4.79 Å². The lowest BCUT2D eigenvalue weighted by Crippen LogP contribution is -2.20. The molecule has 0 aliphatic heterocycles. The predicted octanol–water partition coefficient (Wildman–Crippen LogP) is 4.94. The zero-order valence-corrected chi connectivity index (χ0v) is 15.6. The van der Waals surface area contributed by atoms with Crippen LogP contribution in [0.25, 0.3) is 10.8 Å². The predicted molar refractivity (Wildman–Crippen MR) is 104 cm³/mol. The number of nitrogens with one attached hydrogen (secondary N) is 1. The third kappa shape index (κ3) is 4.31. The summed E-state index contributed by atoms with van der Waals surface area (Å²) in [5.74, 6) is 1.04. The van der Waals surface area contributed by atoms with Crippen molar-refractivity contribution in [3.63, 3.8) is 0 Å². The Bertz CT molecular complexity index is 924. The molecule has 5 heteroatoms. The molecule has 0 bridgehead atoms. The molecule has 0 aliphatic rings. The van der Waals surface area contributed by atoms with Gasteiger partial charge >= 0.3 is 0 Å². The molecular weight excluding hydrogens is 382 g/mol. The van der Waals surface area contributed by atoms with Gasteiger partial charge in [-0.2, -0.15) is 0 Å². The number of ether oxygens (including phenoxy) is 2. The van der Waals surface area contributed by atoms with Crippen molar-refractivity contribution in [2.45, 2.75) is 6.92 Å². The first kappa shape index (κ1) is 17.3. The van der Waals surface area contributed by atoms with Crippen molar-refractivity contribution in [1.29, 1.82) is 0 Å². The van der Waals surface area contributed by atoms with Crippen LogP contribution in [0.15, 0.2) is 59.1 Å². The topological polar surface area (TPSA) is 47.6 Å². The molecule has 25 heavy (non-hydrogen) atoms. The van der Waals surface area contributed by atoms with Crippen LogP contribution in [0.4, 0.5) is 5.69 Å². The van der Waals surface area contributed by atoms with Crippen LogP contribution >= 0.6 is 15.9 Å². The molecule has 128 valence electrons. The van der Waals surface area contributed by atoms with Gasteiger partial charge in [-0.05, 0) is 59.7 Å². The number of carbonyl (C=O) groups is 1. The molecule has 4 nitrogen and oxygen atoms in total. The fourth-order valence-corrected chi connectivity index (χ4v) is 2.92. The average Bonchev–Trinajstić information content (AvgIpc) is 2.60. The smallest absolute Gasteiger partial charge is 0.262 e. The van der Waals surface area contributed by atoms with Crippen LogP contribution in [0.1, 0.15) is 5.56 Å². The second kappa shape index (κ2) is 7.57. The SMILES string of the molecule is COc1ccc(C)cc1NC(=O)COc1ccc2cc(Br)ccc2c1. The fourth-order valence-electron chi connectivity index (χ4n) is 2.54. The Balaban J connectivity index is 1.66. The summed E-state index contributed by atoms with van der Waals surface area (Å²) in [7, 11) is 1.57. The number of fused-ring (bicyclic) bond motifs is 1. The molecule has 3 rings (SSSR count). The second-order valence-corrected chi connectivity index (χ2v) is 6.61. The number of aryl methyl sites for hydroxylation is 1. The first-order valence-corrected chi connectivity index (χ1v) is 8.61. The van der Waals surface area contributed by atoms with Crippen molar-refractivity contribution in [3.8, 4) is 11.5 Å². The van der Waals surface area contributed by atoms with E-state index in [0.29, 0.717) is 17.2 Å². The molecule has 0 fully saturated rings. The molecule has 0 aliphatic carbocycles. The van der Waals surface area contributed by atoms with Crippen LogP contribution < -0.4 is 14.8 Å². The van der Waals surface area contributed by atoms with Crippen molar-refractivity contribution in [1.82, 2.24) is 0 Å². The van der Waals surface area contributed by atoms with Crippen molar-refractivity contribution in [2.75, 3.05) is 19.0 Å². The standard InChI is InChI=1S/C20H18BrNO3/c1-13-3-8-19(24-2)18(9-13)22-20(23)12-25-17-7-5-14-10-16(21)6-4-15(14)11-17/h3-11H,12H2,1-2H3,(H,22,23). The fraction of sp³-hybridized carbons (Fsp3) is 0.150. The summed E-state index contributed by atoms with van der Waals surface area (Å²) in [5.41, 5.74) is 1.68. The monoisotopic (exact) mass is 399 g/mol. The van der Waals surface area contributed by atoms with E-state index in [4.69, 9.17) is 9.47 Å². The van der Waals surface area contributed by atoms with E-state index in [0.717, 1.165) is 20.8 Å². The minimum absolute atomic E-state index is 0.0703. The third-order valence-corrected chi connectivity index (χ3v) is 4.27. The average molecular weight is 400 g/mol. The second-order valence-electron chi connectivity index (χ2n) is 5.69. The van der Waals surface area contributed by atoms with Crippen molar-refractivity contribution >= 4 is 38.3 Å². The molecule has 3 aromatic rings. The van der Waals surface area contributed by atoms with Crippen molar-refractivity contribution in [2.24, 2.45) is 0 Å². The first-order valence-electron chi connectivity index (χ1n) is 7.82. The van der Waals surface area contributed by atoms with E-state index in [1.54, 1.807) is 7.11 Å². The Hall–Kier alpha value is -2.53. The van der Waals surface area contributed by atoms with Gasteiger partial charge in [0.25, 0.3) is 5.91 Å². The van der Waals surface area contributed by atoms with Crippen LogP contribution in [-0.2, 0) is 4.79 Å². The quantitative estimate of drug-likeness (QED) is 0.660. The lowest BCUT2D eigenvalue weighted by molar-refractivity contribution is -0.118. The third-order valence-electron chi connectivity index (χ3n) is 3.77. The summed E-state index contributed by atoms with van der Waals surface area (Å²) >= 11 is 3.45. The van der Waals surface area contributed by atoms with Gasteiger partial charge in [0.1, 0.15) is 11.5 Å². The largest absolute Gasteiger partial charge is 0.495 e. The Morgan fingerprint density at radius 2 is 1.80 bits per heavy atom. The van der Waals surface area contributed by atoms with Gasteiger partial charge < -0.3 is 14.8 Å². The molecule has 0 unspecified atom stereocenters. The van der Waals surface area contributed by atoms with Crippen LogP contribution in [0.3, 0.4) is 0 Å². The lowest BCUT2D eigenvalue weighted by atomic mass is 10.1. The van der Waals surface area contributed by atoms with Gasteiger partial charge in [0.15, 0.2) is 6.61 Å². The highest BCUT2D eigenvalue weighted by molar-refractivity contribution is 9.10. The van der Waals surface area contributed by atoms with E-state index in [9.17, 15) is 4.79 Å². The highest BCUT2D eigenvalue weighted by Gasteiger charge is 2.09. The number of rotatable bonds is 5. The van der Waals surface area contributed by atoms with Gasteiger partial charge in [0.05, 0.1) is 12.8 Å². The molecule has 0 spiro atoms. The lowest BCUT2D eigenvalue weighted by Gasteiger charge is -2.12. The van der Waals surface area contributed by atoms with Crippen LogP contribution in [0.2, 0.25) is 0 Å². The number of methoxy groups -OCH3 is 1. The first-order chi connectivity index (χ1) is 12.0. The van der Waals surface area contributed by atoms with Gasteiger partial charge in [-0.15, -0.1) is 0 Å². The molecule has 0 aromatic heterocycles. The zero-order valence-electron chi connectivity index (χ0n) is 14.0. The number of carbonyl (C=O) groups excluding carboxylic acids is 1. The number of hydrogen-bond donors (Lipinski definition) is 1. The highest BCUT2D eigenvalue weighted by atomic mass is 79.9. The molecule has 0 radical (unpaired) electrons. The normalized spacial score (nSPS) is 10.5. The number of benzene rings is 3. The van der Waals surface area contributed by atoms with E-state index in [-0.39, 0.29) is 12.5 Å². The van der Waals surface area contributed by atoms with Crippen LogP contribution in [-0.4, -0.2) is 19.6 Å². The van der Waals surface area contributed by atoms with E-state index >= 15 is 0 Å². The van der Waals surface area contributed by atoms with Gasteiger partial charge in [-0.1, -0.05) is 34.1 Å². The van der Waals surface area contributed by atoms with Crippen LogP contribution in [0.5, 0.6) is 11.5 Å². The number of anilines is 1. The van der Waals surface area contributed by atoms with E-state index in [1.165, 1.54) is 0 Å². The highest BCUT2D eigenvalue weighted by Crippen LogP contribution is 2.26. The molecule has 0 heterocycles. The van der Waals surface area contributed by atoms with Crippen molar-refractivity contribution in [3.05, 3.63) is 64.6 Å². The Kier molecular flexibility index (Phi) is 5.24. The number of halogens is 1. The summed E-state index contributed by atoms with van der Waals surface area (Å²) in [6, 6.07) is 17.4. The zero-order chi connectivity index (χ0) is 17.8. The summed E-state index contributed by atoms with van der Waals surface area (Å²) in [6.07, 6.45) is 0. The maximum Gasteiger partial charge on any atom is 0.262 e. The molecule has 0 saturated heterocycles. The molecule has 1 N–H and O–H groups in total. The molecule has 1 amide bonds. The molecule has 0 atom stereocenters. The van der Waals surface area contributed by atoms with Crippen molar-refractivity contribution < 1.29 is 14.3 Å². The Morgan fingerprint density at radius 3 is 2.60 bits per heavy atom. The van der Waals surface area contributed by atoms with Gasteiger partial charge in [0, 0.05) is 4.47 Å². The number of hydrogen-bond acceptors (Lipinski definition) is 3. The number of amides is 1. The Morgan fingerprint density at radius 1 is 1.04 bits per heavy atom. The van der Waals surface area contributed by atoms with Gasteiger partial charge in [0.2, 0.25) is 0 Å². The molecule has 3 aromatic carbocycles. The maximum atomic E-state index is 12.2. The summed E-state index contributed by atoms with van der Waals surface area (Å²) < 4.78 is 11.9. The minimum atomic E-state index is -0.236. The van der Waals surface area contributed by atoms with Gasteiger partial charge in [-0.25, -0.2) is 0 Å². The Labute approximate surface area is 154 Å². The summed E-state index contributed by atoms with van der Waals surface area (Å²) in [6.45, 7) is 1.89. The van der Waals surface area contributed by atoms with Crippen LogP contribution in [0, 0.1) is 6.92 Å². The molecule has 0 saturated carbocycles. The maximum absolute atomic E-state index is 12.2. The van der Waals surface area contributed by atoms with E-state index < -0.39 is 0 Å². The summed E-state index contributed by atoms with van der Waals surface area (Å²) in [4.78, 5) is 12.2. The summed E-state index contributed by atoms with van der Waals surface area (Å²) in [5, 5.41) is 4.99. The van der Waals surface area contributed by atoms with E-state index in [2.05, 4.69) is 21.2 Å². The molecular formula is C20H18BrNO3. The minimum Gasteiger partial charge on any atom is -0.495 e. The van der Waals surface area contributed by atoms with E-state index in [1.807, 2.05) is 61.5 Å².